The highest BCUT2D eigenvalue weighted by Crippen LogP contribution is 2.45. The number of benzene rings is 2. The van der Waals surface area contributed by atoms with Gasteiger partial charge in [-0.3, -0.25) is 0 Å². The second-order valence-corrected chi connectivity index (χ2v) is 16.0. The first kappa shape index (κ1) is 24.0. The molecular weight excluding hydrogens is 426 g/mol. The fourth-order valence-electron chi connectivity index (χ4n) is 5.74. The molecule has 1 saturated heterocycles. The lowest BCUT2D eigenvalue weighted by atomic mass is 9.95. The SMILES string of the molecule is CC(C)(C)OC(=O)N1CC2CCC(C1)C2O[Si](c1ccccc1)(c1ccccc1)C(C)(C)C. The Balaban J connectivity index is 1.68. The first-order valence-electron chi connectivity index (χ1n) is 12.3. The lowest BCUT2D eigenvalue weighted by molar-refractivity contribution is -0.00896. The topological polar surface area (TPSA) is 38.8 Å². The van der Waals surface area contributed by atoms with E-state index in [1.165, 1.54) is 10.4 Å². The summed E-state index contributed by atoms with van der Waals surface area (Å²) in [5.41, 5.74) is -0.474. The maximum absolute atomic E-state index is 12.8. The van der Waals surface area contributed by atoms with E-state index in [-0.39, 0.29) is 17.2 Å². The number of carbonyl (C=O) groups excluding carboxylic acids is 1. The van der Waals surface area contributed by atoms with E-state index in [9.17, 15) is 4.79 Å². The minimum Gasteiger partial charge on any atom is -0.444 e. The summed E-state index contributed by atoms with van der Waals surface area (Å²) in [5.74, 6) is 0.691. The van der Waals surface area contributed by atoms with Crippen molar-refractivity contribution >= 4 is 24.8 Å². The predicted molar refractivity (Wildman–Crippen MR) is 137 cm³/mol. The Bertz CT molecular complexity index is 895. The third-order valence-electron chi connectivity index (χ3n) is 7.13. The second-order valence-electron chi connectivity index (χ2n) is 11.7. The minimum atomic E-state index is -2.60. The van der Waals surface area contributed by atoms with Gasteiger partial charge in [0.2, 0.25) is 0 Å². The van der Waals surface area contributed by atoms with Crippen molar-refractivity contribution in [3.8, 4) is 0 Å². The van der Waals surface area contributed by atoms with E-state index in [0.29, 0.717) is 24.9 Å². The number of ether oxygens (including phenoxy) is 1. The average Bonchev–Trinajstić information content (AvgIpc) is 2.97. The molecule has 2 aliphatic rings. The van der Waals surface area contributed by atoms with E-state index >= 15 is 0 Å². The smallest absolute Gasteiger partial charge is 0.410 e. The van der Waals surface area contributed by atoms with Crippen molar-refractivity contribution in [1.29, 1.82) is 0 Å². The molecule has 0 spiro atoms. The number of likely N-dealkylation sites (tertiary alicyclic amines) is 1. The zero-order valence-corrected chi connectivity index (χ0v) is 22.0. The molecule has 1 aliphatic heterocycles. The summed E-state index contributed by atoms with van der Waals surface area (Å²) < 4.78 is 13.2. The lowest BCUT2D eigenvalue weighted by Crippen LogP contribution is -2.69. The number of fused-ring (bicyclic) bond motifs is 2. The highest BCUT2D eigenvalue weighted by Gasteiger charge is 2.55. The molecule has 2 unspecified atom stereocenters. The zero-order chi connectivity index (χ0) is 23.9. The maximum Gasteiger partial charge on any atom is 0.410 e. The van der Waals surface area contributed by atoms with Crippen molar-refractivity contribution in [3.63, 3.8) is 0 Å². The summed E-state index contributed by atoms with van der Waals surface area (Å²) >= 11 is 0. The monoisotopic (exact) mass is 465 g/mol. The van der Waals surface area contributed by atoms with Gasteiger partial charge in [0.25, 0.3) is 8.32 Å². The van der Waals surface area contributed by atoms with Crippen molar-refractivity contribution < 1.29 is 14.0 Å². The van der Waals surface area contributed by atoms with Crippen LogP contribution in [0.15, 0.2) is 60.7 Å². The molecule has 2 fully saturated rings. The van der Waals surface area contributed by atoms with Crippen LogP contribution < -0.4 is 10.4 Å². The lowest BCUT2D eigenvalue weighted by Gasteiger charge is -2.48. The molecule has 1 heterocycles. The van der Waals surface area contributed by atoms with Gasteiger partial charge in [0.1, 0.15) is 5.60 Å². The largest absolute Gasteiger partial charge is 0.444 e. The summed E-state index contributed by atoms with van der Waals surface area (Å²) in [7, 11) is -2.60. The Labute approximate surface area is 200 Å². The first-order valence-corrected chi connectivity index (χ1v) is 14.2. The van der Waals surface area contributed by atoms with Gasteiger partial charge in [-0.05, 0) is 49.0 Å². The number of piperidine rings is 1. The molecule has 0 aromatic heterocycles. The molecule has 0 radical (unpaired) electrons. The molecule has 33 heavy (non-hydrogen) atoms. The third kappa shape index (κ3) is 4.76. The van der Waals surface area contributed by atoms with Crippen LogP contribution in [0.2, 0.25) is 5.04 Å². The van der Waals surface area contributed by atoms with Crippen LogP contribution in [0, 0.1) is 11.8 Å². The van der Waals surface area contributed by atoms with Crippen molar-refractivity contribution in [1.82, 2.24) is 4.90 Å². The quantitative estimate of drug-likeness (QED) is 0.582. The normalized spacial score (nSPS) is 23.5. The van der Waals surface area contributed by atoms with Crippen molar-refractivity contribution in [3.05, 3.63) is 60.7 Å². The van der Waals surface area contributed by atoms with Crippen LogP contribution in [0.25, 0.3) is 0 Å². The third-order valence-corrected chi connectivity index (χ3v) is 12.2. The molecule has 2 bridgehead atoms. The number of rotatable bonds is 4. The zero-order valence-electron chi connectivity index (χ0n) is 21.0. The first-order chi connectivity index (χ1) is 15.5. The molecule has 1 aliphatic carbocycles. The Morgan fingerprint density at radius 2 is 1.27 bits per heavy atom. The number of amides is 1. The van der Waals surface area contributed by atoms with Gasteiger partial charge >= 0.3 is 6.09 Å². The van der Waals surface area contributed by atoms with Crippen LogP contribution in [0.5, 0.6) is 0 Å². The number of hydrogen-bond acceptors (Lipinski definition) is 3. The van der Waals surface area contributed by atoms with Gasteiger partial charge in [-0.25, -0.2) is 4.79 Å². The highest BCUT2D eigenvalue weighted by molar-refractivity contribution is 6.99. The summed E-state index contributed by atoms with van der Waals surface area (Å²) in [6.07, 6.45) is 2.18. The van der Waals surface area contributed by atoms with Crippen molar-refractivity contribution in [2.75, 3.05) is 13.1 Å². The summed E-state index contributed by atoms with van der Waals surface area (Å²) in [5, 5.41) is 2.59. The molecular formula is C28H39NO3Si. The Kier molecular flexibility index (Phi) is 6.49. The molecule has 5 heteroatoms. The molecule has 4 nitrogen and oxygen atoms in total. The Hall–Kier alpha value is -2.11. The van der Waals surface area contributed by atoms with E-state index in [2.05, 4.69) is 81.4 Å². The van der Waals surface area contributed by atoms with Gasteiger partial charge in [-0.2, -0.15) is 0 Å². The standard InChI is InChI=1S/C28H39NO3Si/c1-27(2,3)31-26(30)29-19-21-17-18-22(20-29)25(21)32-33(28(4,5)6,23-13-9-7-10-14-23)24-15-11-8-12-16-24/h7-16,21-22,25H,17-20H2,1-6H3. The van der Waals surface area contributed by atoms with E-state index in [0.717, 1.165) is 12.8 Å². The molecule has 4 rings (SSSR count). The Morgan fingerprint density at radius 3 is 1.67 bits per heavy atom. The highest BCUT2D eigenvalue weighted by atomic mass is 28.4. The summed E-state index contributed by atoms with van der Waals surface area (Å²) in [4.78, 5) is 14.7. The molecule has 0 N–H and O–H groups in total. The summed E-state index contributed by atoms with van der Waals surface area (Å²) in [6, 6.07) is 21.7. The Morgan fingerprint density at radius 1 is 0.818 bits per heavy atom. The van der Waals surface area contributed by atoms with Gasteiger partial charge in [-0.15, -0.1) is 0 Å². The van der Waals surface area contributed by atoms with E-state index in [1.54, 1.807) is 0 Å². The molecule has 2 aromatic carbocycles. The van der Waals surface area contributed by atoms with E-state index in [1.807, 2.05) is 25.7 Å². The van der Waals surface area contributed by atoms with Crippen LogP contribution in [0.1, 0.15) is 54.4 Å². The molecule has 1 saturated carbocycles. The summed E-state index contributed by atoms with van der Waals surface area (Å²) in [6.45, 7) is 14.2. The van der Waals surface area contributed by atoms with Gasteiger partial charge < -0.3 is 14.1 Å². The second kappa shape index (κ2) is 8.92. The maximum atomic E-state index is 12.8. The number of carbonyl (C=O) groups is 1. The molecule has 178 valence electrons. The van der Waals surface area contributed by atoms with Gasteiger partial charge in [-0.1, -0.05) is 81.4 Å². The predicted octanol–water partition coefficient (Wildman–Crippen LogP) is 5.21. The molecule has 2 atom stereocenters. The van der Waals surface area contributed by atoms with Crippen LogP contribution in [-0.2, 0) is 9.16 Å². The average molecular weight is 466 g/mol. The van der Waals surface area contributed by atoms with E-state index in [4.69, 9.17) is 9.16 Å². The van der Waals surface area contributed by atoms with Gasteiger partial charge in [0, 0.05) is 24.9 Å². The fourth-order valence-corrected chi connectivity index (χ4v) is 10.5. The number of hydrogen-bond donors (Lipinski definition) is 0. The van der Waals surface area contributed by atoms with Gasteiger partial charge in [0.05, 0.1) is 6.10 Å². The van der Waals surface area contributed by atoms with Crippen LogP contribution in [0.3, 0.4) is 0 Å². The number of nitrogens with zero attached hydrogens (tertiary/aromatic N) is 1. The van der Waals surface area contributed by atoms with E-state index < -0.39 is 13.9 Å². The van der Waals surface area contributed by atoms with Crippen LogP contribution in [0.4, 0.5) is 4.79 Å². The fraction of sp³-hybridized carbons (Fsp3) is 0.536. The minimum absolute atomic E-state index is 0.0442. The molecule has 1 amide bonds. The van der Waals surface area contributed by atoms with Crippen LogP contribution in [-0.4, -0.2) is 44.1 Å². The van der Waals surface area contributed by atoms with Crippen molar-refractivity contribution in [2.24, 2.45) is 11.8 Å². The van der Waals surface area contributed by atoms with Crippen LogP contribution >= 0.6 is 0 Å². The van der Waals surface area contributed by atoms with Crippen molar-refractivity contribution in [2.45, 2.75) is 71.1 Å². The molecule has 2 aromatic rings. The van der Waals surface area contributed by atoms with Gasteiger partial charge in [0.15, 0.2) is 0 Å².